The molecule has 0 aromatic heterocycles. The fourth-order valence-corrected chi connectivity index (χ4v) is 2.93. The van der Waals surface area contributed by atoms with Gasteiger partial charge in [0.05, 0.1) is 6.61 Å². The van der Waals surface area contributed by atoms with Crippen molar-refractivity contribution < 1.29 is 18.7 Å². The number of hydrogen-bond donors (Lipinski definition) is 0. The van der Waals surface area contributed by atoms with Gasteiger partial charge in [-0.3, -0.25) is 0 Å². The molecule has 1 saturated heterocycles. The minimum Gasteiger partial charge on any atom is -0.493 e. The summed E-state index contributed by atoms with van der Waals surface area (Å²) in [7, 11) is 0. The average molecular weight is 351 g/mol. The molecule has 0 spiro atoms. The van der Waals surface area contributed by atoms with Gasteiger partial charge in [0.25, 0.3) is 0 Å². The molecule has 5 heteroatoms. The molecule has 0 aliphatic carbocycles. The highest BCUT2D eigenvalue weighted by molar-refractivity contribution is 5.68. The molecular formula is C20H30FNO3. The van der Waals surface area contributed by atoms with Gasteiger partial charge in [-0.25, -0.2) is 9.18 Å². The number of halogens is 1. The van der Waals surface area contributed by atoms with E-state index in [1.165, 1.54) is 12.1 Å². The van der Waals surface area contributed by atoms with Crippen molar-refractivity contribution in [3.63, 3.8) is 0 Å². The van der Waals surface area contributed by atoms with Crippen LogP contribution < -0.4 is 4.74 Å². The third-order valence-electron chi connectivity index (χ3n) is 4.34. The minimum absolute atomic E-state index is 0.251. The zero-order chi connectivity index (χ0) is 18.6. The van der Waals surface area contributed by atoms with Crippen LogP contribution in [0.1, 0.15) is 58.9 Å². The van der Waals surface area contributed by atoms with Crippen LogP contribution in [0.4, 0.5) is 9.18 Å². The Morgan fingerprint density at radius 2 is 1.92 bits per heavy atom. The highest BCUT2D eigenvalue weighted by Gasteiger charge is 2.27. The maximum Gasteiger partial charge on any atom is 0.410 e. The van der Waals surface area contributed by atoms with Crippen molar-refractivity contribution in [3.05, 3.63) is 29.6 Å². The normalized spacial score (nSPS) is 16.2. The first-order valence-electron chi connectivity index (χ1n) is 9.06. The van der Waals surface area contributed by atoms with E-state index in [4.69, 9.17) is 9.47 Å². The highest BCUT2D eigenvalue weighted by Crippen LogP contribution is 2.29. The summed E-state index contributed by atoms with van der Waals surface area (Å²) >= 11 is 0. The van der Waals surface area contributed by atoms with Crippen LogP contribution in [-0.4, -0.2) is 36.3 Å². The minimum atomic E-state index is -0.471. The summed E-state index contributed by atoms with van der Waals surface area (Å²) in [6, 6.07) is 4.73. The number of rotatable bonds is 4. The molecule has 4 nitrogen and oxygen atoms in total. The Labute approximate surface area is 150 Å². The van der Waals surface area contributed by atoms with Gasteiger partial charge in [-0.05, 0) is 57.1 Å². The van der Waals surface area contributed by atoms with E-state index in [2.05, 4.69) is 13.8 Å². The van der Waals surface area contributed by atoms with Crippen molar-refractivity contribution in [1.82, 2.24) is 4.90 Å². The van der Waals surface area contributed by atoms with Gasteiger partial charge in [0, 0.05) is 19.2 Å². The molecule has 1 amide bonds. The lowest BCUT2D eigenvalue weighted by Crippen LogP contribution is -2.42. The van der Waals surface area contributed by atoms with Crippen LogP contribution in [0.25, 0.3) is 0 Å². The predicted molar refractivity (Wildman–Crippen MR) is 96.5 cm³/mol. The van der Waals surface area contributed by atoms with Crippen LogP contribution in [0, 0.1) is 11.7 Å². The zero-order valence-corrected chi connectivity index (χ0v) is 16.0. The Kier molecular flexibility index (Phi) is 6.31. The molecule has 1 aliphatic rings. The summed E-state index contributed by atoms with van der Waals surface area (Å²) in [5.41, 5.74) is 0.550. The second-order valence-electron chi connectivity index (χ2n) is 8.06. The number of piperidine rings is 1. The molecule has 0 atom stereocenters. The van der Waals surface area contributed by atoms with Crippen LogP contribution in [0.15, 0.2) is 18.2 Å². The third-order valence-corrected chi connectivity index (χ3v) is 4.34. The Balaban J connectivity index is 1.85. The molecule has 0 radical (unpaired) electrons. The lowest BCUT2D eigenvalue weighted by atomic mass is 9.98. The van der Waals surface area contributed by atoms with Crippen LogP contribution in [0.5, 0.6) is 5.75 Å². The zero-order valence-electron chi connectivity index (χ0n) is 16.0. The Morgan fingerprint density at radius 3 is 2.48 bits per heavy atom. The Bertz CT molecular complexity index is 587. The first-order chi connectivity index (χ1) is 11.7. The lowest BCUT2D eigenvalue weighted by molar-refractivity contribution is 0.0164. The number of carbonyl (C=O) groups is 1. The summed E-state index contributed by atoms with van der Waals surface area (Å²) in [5, 5.41) is 0. The van der Waals surface area contributed by atoms with Gasteiger partial charge in [0.1, 0.15) is 17.2 Å². The van der Waals surface area contributed by atoms with Gasteiger partial charge in [0.2, 0.25) is 0 Å². The monoisotopic (exact) mass is 351 g/mol. The summed E-state index contributed by atoms with van der Waals surface area (Å²) in [4.78, 5) is 13.8. The largest absolute Gasteiger partial charge is 0.493 e. The van der Waals surface area contributed by atoms with Gasteiger partial charge >= 0.3 is 6.09 Å². The maximum atomic E-state index is 13.5. The van der Waals surface area contributed by atoms with Crippen molar-refractivity contribution >= 4 is 6.09 Å². The molecule has 1 aliphatic heterocycles. The van der Waals surface area contributed by atoms with E-state index in [1.807, 2.05) is 20.8 Å². The van der Waals surface area contributed by atoms with E-state index in [0.29, 0.717) is 31.4 Å². The number of benzene rings is 1. The highest BCUT2D eigenvalue weighted by atomic mass is 19.1. The second kappa shape index (κ2) is 8.07. The van der Waals surface area contributed by atoms with Gasteiger partial charge in [-0.2, -0.15) is 0 Å². The van der Waals surface area contributed by atoms with Crippen LogP contribution in [0.3, 0.4) is 0 Å². The quantitative estimate of drug-likeness (QED) is 0.768. The summed E-state index contributed by atoms with van der Waals surface area (Å²) in [6.45, 7) is 11.6. The molecule has 0 bridgehead atoms. The fourth-order valence-electron chi connectivity index (χ4n) is 2.93. The molecule has 1 aromatic carbocycles. The molecule has 140 valence electrons. The van der Waals surface area contributed by atoms with E-state index in [0.717, 1.165) is 18.4 Å². The Morgan fingerprint density at radius 1 is 1.28 bits per heavy atom. The van der Waals surface area contributed by atoms with Crippen molar-refractivity contribution in [2.45, 2.75) is 59.0 Å². The average Bonchev–Trinajstić information content (AvgIpc) is 2.51. The van der Waals surface area contributed by atoms with E-state index >= 15 is 0 Å². The number of nitrogens with zero attached hydrogens (tertiary/aromatic N) is 1. The van der Waals surface area contributed by atoms with Crippen LogP contribution in [-0.2, 0) is 4.74 Å². The molecule has 0 saturated carbocycles. The first-order valence-corrected chi connectivity index (χ1v) is 9.06. The van der Waals surface area contributed by atoms with Gasteiger partial charge < -0.3 is 14.4 Å². The number of amides is 1. The molecular weight excluding hydrogens is 321 g/mol. The lowest BCUT2D eigenvalue weighted by Gasteiger charge is -2.33. The number of hydrogen-bond acceptors (Lipinski definition) is 3. The molecule has 0 unspecified atom stereocenters. The number of ether oxygens (including phenoxy) is 2. The molecule has 1 heterocycles. The van der Waals surface area contributed by atoms with Crippen molar-refractivity contribution in [3.8, 4) is 5.75 Å². The van der Waals surface area contributed by atoms with Gasteiger partial charge in [0.15, 0.2) is 0 Å². The van der Waals surface area contributed by atoms with Crippen LogP contribution >= 0.6 is 0 Å². The maximum absolute atomic E-state index is 13.5. The molecule has 1 aromatic rings. The van der Waals surface area contributed by atoms with E-state index in [-0.39, 0.29) is 17.8 Å². The van der Waals surface area contributed by atoms with E-state index in [1.54, 1.807) is 11.0 Å². The molecule has 0 N–H and O–H groups in total. The second-order valence-corrected chi connectivity index (χ2v) is 8.06. The van der Waals surface area contributed by atoms with Crippen LogP contribution in [0.2, 0.25) is 0 Å². The van der Waals surface area contributed by atoms with Crippen molar-refractivity contribution in [1.29, 1.82) is 0 Å². The molecule has 1 fully saturated rings. The predicted octanol–water partition coefficient (Wildman–Crippen LogP) is 4.98. The van der Waals surface area contributed by atoms with Crippen molar-refractivity contribution in [2.75, 3.05) is 19.7 Å². The third kappa shape index (κ3) is 5.91. The van der Waals surface area contributed by atoms with E-state index in [9.17, 15) is 9.18 Å². The summed E-state index contributed by atoms with van der Waals surface area (Å²) in [6.07, 6.45) is 1.48. The fraction of sp³-hybridized carbons (Fsp3) is 0.650. The summed E-state index contributed by atoms with van der Waals surface area (Å²) < 4.78 is 24.8. The first kappa shape index (κ1) is 19.5. The standard InChI is InChI=1S/C20H30FNO3/c1-14(2)17-7-6-16(21)12-18(17)24-13-15-8-10-22(11-9-15)19(23)25-20(3,4)5/h6-7,12,14-15H,8-11,13H2,1-5H3. The molecule has 25 heavy (non-hydrogen) atoms. The SMILES string of the molecule is CC(C)c1ccc(F)cc1OCC1CCN(C(=O)OC(C)(C)C)CC1. The smallest absolute Gasteiger partial charge is 0.410 e. The van der Waals surface area contributed by atoms with E-state index < -0.39 is 5.60 Å². The van der Waals surface area contributed by atoms with Gasteiger partial charge in [-0.15, -0.1) is 0 Å². The van der Waals surface area contributed by atoms with Gasteiger partial charge in [-0.1, -0.05) is 19.9 Å². The number of likely N-dealkylation sites (tertiary alicyclic amines) is 1. The number of carbonyl (C=O) groups excluding carboxylic acids is 1. The molecule has 2 rings (SSSR count). The van der Waals surface area contributed by atoms with Crippen molar-refractivity contribution in [2.24, 2.45) is 5.92 Å². The topological polar surface area (TPSA) is 38.8 Å². The summed E-state index contributed by atoms with van der Waals surface area (Å²) in [5.74, 6) is 0.996. The Hall–Kier alpha value is -1.78.